The van der Waals surface area contributed by atoms with Gasteiger partial charge in [-0.2, -0.15) is 5.26 Å². The molecule has 68 valence electrons. The summed E-state index contributed by atoms with van der Waals surface area (Å²) in [7, 11) is 0. The van der Waals surface area contributed by atoms with E-state index in [1.807, 2.05) is 6.07 Å². The Bertz CT molecular complexity index is 448. The van der Waals surface area contributed by atoms with Gasteiger partial charge in [-0.15, -0.1) is 0 Å². The number of hydrogen-bond donors (Lipinski definition) is 1. The zero-order valence-electron chi connectivity index (χ0n) is 7.32. The highest BCUT2D eigenvalue weighted by molar-refractivity contribution is 5.76. The molecule has 0 bridgehead atoms. The van der Waals surface area contributed by atoms with Crippen molar-refractivity contribution in [2.24, 2.45) is 5.73 Å². The minimum atomic E-state index is -0.470. The molecule has 0 unspecified atom stereocenters. The Balaban J connectivity index is 2.80. The van der Waals surface area contributed by atoms with E-state index in [-0.39, 0.29) is 6.42 Å². The zero-order chi connectivity index (χ0) is 10.4. The van der Waals surface area contributed by atoms with Crippen LogP contribution in [0.25, 0.3) is 0 Å². The van der Waals surface area contributed by atoms with Crippen molar-refractivity contribution in [2.45, 2.75) is 6.42 Å². The number of pyridine rings is 1. The second-order valence-electron chi connectivity index (χ2n) is 2.52. The Morgan fingerprint density at radius 3 is 2.86 bits per heavy atom. The first-order valence-electron chi connectivity index (χ1n) is 3.84. The Morgan fingerprint density at radius 2 is 2.21 bits per heavy atom. The van der Waals surface area contributed by atoms with Crippen LogP contribution in [-0.4, -0.2) is 10.9 Å². The predicted octanol–water partition coefficient (Wildman–Crippen LogP) is 0.180. The zero-order valence-corrected chi connectivity index (χ0v) is 7.32. The van der Waals surface area contributed by atoms with Gasteiger partial charge in [0.1, 0.15) is 6.07 Å². The van der Waals surface area contributed by atoms with Crippen LogP contribution in [0, 0.1) is 23.2 Å². The molecule has 1 aromatic rings. The van der Waals surface area contributed by atoms with Gasteiger partial charge >= 0.3 is 0 Å². The summed E-state index contributed by atoms with van der Waals surface area (Å²) in [5.41, 5.74) is 5.95. The topological polar surface area (TPSA) is 79.8 Å². The van der Waals surface area contributed by atoms with Crippen LogP contribution < -0.4 is 5.73 Å². The summed E-state index contributed by atoms with van der Waals surface area (Å²) in [6.45, 7) is 0. The summed E-state index contributed by atoms with van der Waals surface area (Å²) in [5, 5.41) is 8.56. The van der Waals surface area contributed by atoms with Crippen LogP contribution >= 0.6 is 0 Å². The Kier molecular flexibility index (Phi) is 3.23. The average molecular weight is 185 g/mol. The minimum Gasteiger partial charge on any atom is -0.369 e. The number of rotatable bonds is 1. The highest BCUT2D eigenvalue weighted by Crippen LogP contribution is 1.98. The fraction of sp³-hybridized carbons (Fsp3) is 0.100. The SMILES string of the molecule is N#Cc1cncc(C#CCC(N)=O)c1. The molecule has 4 nitrogen and oxygen atoms in total. The van der Waals surface area contributed by atoms with Crippen LogP contribution in [0.4, 0.5) is 0 Å². The molecule has 0 saturated heterocycles. The first-order valence-corrected chi connectivity index (χ1v) is 3.84. The lowest BCUT2D eigenvalue weighted by Crippen LogP contribution is -2.08. The van der Waals surface area contributed by atoms with Crippen molar-refractivity contribution < 1.29 is 4.79 Å². The first-order chi connectivity index (χ1) is 6.72. The molecule has 14 heavy (non-hydrogen) atoms. The third kappa shape index (κ3) is 2.96. The largest absolute Gasteiger partial charge is 0.369 e. The molecule has 0 fully saturated rings. The molecule has 1 heterocycles. The first kappa shape index (κ1) is 9.76. The second kappa shape index (κ2) is 4.64. The number of primary amides is 1. The molecule has 1 rings (SSSR count). The second-order valence-corrected chi connectivity index (χ2v) is 2.52. The molecule has 0 saturated carbocycles. The average Bonchev–Trinajstić information content (AvgIpc) is 2.18. The molecule has 1 amide bonds. The summed E-state index contributed by atoms with van der Waals surface area (Å²) >= 11 is 0. The lowest BCUT2D eigenvalue weighted by molar-refractivity contribution is -0.117. The Morgan fingerprint density at radius 1 is 1.50 bits per heavy atom. The van der Waals surface area contributed by atoms with Crippen LogP contribution in [0.3, 0.4) is 0 Å². The Hall–Kier alpha value is -2.33. The summed E-state index contributed by atoms with van der Waals surface area (Å²) < 4.78 is 0. The van der Waals surface area contributed by atoms with Gasteiger partial charge in [-0.05, 0) is 6.07 Å². The van der Waals surface area contributed by atoms with Crippen LogP contribution in [-0.2, 0) is 4.79 Å². The highest BCUT2D eigenvalue weighted by Gasteiger charge is 1.92. The quantitative estimate of drug-likeness (QED) is 0.634. The van der Waals surface area contributed by atoms with E-state index in [0.29, 0.717) is 11.1 Å². The molecule has 2 N–H and O–H groups in total. The summed E-state index contributed by atoms with van der Waals surface area (Å²) in [6.07, 6.45) is 2.98. The normalized spacial score (nSPS) is 8.21. The van der Waals surface area contributed by atoms with E-state index < -0.39 is 5.91 Å². The Labute approximate surface area is 81.4 Å². The maximum atomic E-state index is 10.4. The molecule has 4 heteroatoms. The number of aromatic nitrogens is 1. The maximum Gasteiger partial charge on any atom is 0.229 e. The number of carbonyl (C=O) groups is 1. The number of nitrogens with zero attached hydrogens (tertiary/aromatic N) is 2. The van der Waals surface area contributed by atoms with Crippen LogP contribution in [0.15, 0.2) is 18.5 Å². The summed E-state index contributed by atoms with van der Waals surface area (Å²) in [5.74, 6) is 4.79. The fourth-order valence-electron chi connectivity index (χ4n) is 0.803. The number of amides is 1. The molecule has 0 atom stereocenters. The van der Waals surface area contributed by atoms with E-state index in [4.69, 9.17) is 11.0 Å². The predicted molar refractivity (Wildman–Crippen MR) is 49.6 cm³/mol. The van der Waals surface area contributed by atoms with Gasteiger partial charge in [0.2, 0.25) is 5.91 Å². The van der Waals surface area contributed by atoms with Gasteiger partial charge in [-0.25, -0.2) is 0 Å². The lowest BCUT2D eigenvalue weighted by Gasteiger charge is -1.89. The van der Waals surface area contributed by atoms with Crippen molar-refractivity contribution in [3.63, 3.8) is 0 Å². The van der Waals surface area contributed by atoms with Gasteiger partial charge in [-0.1, -0.05) is 11.8 Å². The molecule has 0 aliphatic carbocycles. The molecule has 1 aromatic heterocycles. The molecule has 0 radical (unpaired) electrons. The van der Waals surface area contributed by atoms with E-state index >= 15 is 0 Å². The van der Waals surface area contributed by atoms with Crippen molar-refractivity contribution in [2.75, 3.05) is 0 Å². The van der Waals surface area contributed by atoms with Gasteiger partial charge in [-0.3, -0.25) is 9.78 Å². The summed E-state index contributed by atoms with van der Waals surface area (Å²) in [6, 6.07) is 3.54. The van der Waals surface area contributed by atoms with Gasteiger partial charge in [0.25, 0.3) is 0 Å². The number of carbonyl (C=O) groups excluding carboxylic acids is 1. The van der Waals surface area contributed by atoms with E-state index in [1.165, 1.54) is 12.4 Å². The molecule has 0 aromatic carbocycles. The van der Waals surface area contributed by atoms with Gasteiger partial charge in [0, 0.05) is 18.0 Å². The van der Waals surface area contributed by atoms with E-state index in [9.17, 15) is 4.79 Å². The molecule has 0 aliphatic heterocycles. The van der Waals surface area contributed by atoms with Crippen LogP contribution in [0.1, 0.15) is 17.5 Å². The van der Waals surface area contributed by atoms with E-state index in [2.05, 4.69) is 16.8 Å². The standard InChI is InChI=1S/C10H7N3O/c11-5-9-4-8(6-13-7-9)2-1-3-10(12)14/h4,6-7H,3H2,(H2,12,14). The smallest absolute Gasteiger partial charge is 0.229 e. The van der Waals surface area contributed by atoms with Gasteiger partial charge < -0.3 is 5.73 Å². The van der Waals surface area contributed by atoms with Crippen LogP contribution in [0.2, 0.25) is 0 Å². The number of nitrogens with two attached hydrogens (primary N) is 1. The maximum absolute atomic E-state index is 10.4. The van der Waals surface area contributed by atoms with Crippen molar-refractivity contribution in [1.29, 1.82) is 5.26 Å². The molecule has 0 spiro atoms. The number of nitriles is 1. The van der Waals surface area contributed by atoms with Gasteiger partial charge in [0.05, 0.1) is 12.0 Å². The minimum absolute atomic E-state index is 0.0107. The van der Waals surface area contributed by atoms with Crippen molar-refractivity contribution in [3.05, 3.63) is 29.6 Å². The van der Waals surface area contributed by atoms with E-state index in [0.717, 1.165) is 0 Å². The van der Waals surface area contributed by atoms with Gasteiger partial charge in [0.15, 0.2) is 0 Å². The van der Waals surface area contributed by atoms with E-state index in [1.54, 1.807) is 6.07 Å². The molecule has 0 aliphatic rings. The van der Waals surface area contributed by atoms with Crippen molar-refractivity contribution in [1.82, 2.24) is 4.98 Å². The molecular formula is C10H7N3O. The lowest BCUT2D eigenvalue weighted by atomic mass is 10.2. The van der Waals surface area contributed by atoms with Crippen LogP contribution in [0.5, 0.6) is 0 Å². The third-order valence-electron chi connectivity index (χ3n) is 1.36. The monoisotopic (exact) mass is 185 g/mol. The van der Waals surface area contributed by atoms with Crippen molar-refractivity contribution in [3.8, 4) is 17.9 Å². The molecular weight excluding hydrogens is 178 g/mol. The highest BCUT2D eigenvalue weighted by atomic mass is 16.1. The number of hydrogen-bond acceptors (Lipinski definition) is 3. The van der Waals surface area contributed by atoms with Crippen molar-refractivity contribution >= 4 is 5.91 Å². The fourth-order valence-corrected chi connectivity index (χ4v) is 0.803. The summed E-state index contributed by atoms with van der Waals surface area (Å²) in [4.78, 5) is 14.2. The third-order valence-corrected chi connectivity index (χ3v) is 1.36.